The van der Waals surface area contributed by atoms with Gasteiger partial charge in [-0.1, -0.05) is 48.5 Å². The van der Waals surface area contributed by atoms with Crippen LogP contribution in [0.3, 0.4) is 0 Å². The third-order valence-electron chi connectivity index (χ3n) is 4.55. The van der Waals surface area contributed by atoms with Crippen LogP contribution in [0.15, 0.2) is 84.6 Å². The number of aliphatic hydroxyl groups is 1. The Bertz CT molecular complexity index is 1080. The number of carbonyl (C=O) groups excluding carboxylic acids is 2. The lowest BCUT2D eigenvalue weighted by Gasteiger charge is -2.24. The van der Waals surface area contributed by atoms with Crippen LogP contribution in [0.1, 0.15) is 17.2 Å². The minimum atomic E-state index is -0.995. The van der Waals surface area contributed by atoms with Crippen molar-refractivity contribution in [3.63, 3.8) is 0 Å². The second-order valence-corrected chi connectivity index (χ2v) is 6.28. The predicted molar refractivity (Wildman–Crippen MR) is 102 cm³/mol. The lowest BCUT2D eigenvalue weighted by atomic mass is 9.95. The number of hydrogen-bond donors (Lipinski definition) is 1. The third-order valence-corrected chi connectivity index (χ3v) is 4.55. The highest BCUT2D eigenvalue weighted by Crippen LogP contribution is 2.41. The fraction of sp³-hybridized carbons (Fsp3) is 0.0455. The number of pyridine rings is 1. The number of ketones is 1. The van der Waals surface area contributed by atoms with Gasteiger partial charge >= 0.3 is 5.91 Å². The number of nitrogens with zero attached hydrogens (tertiary/aromatic N) is 2. The number of carbonyl (C=O) groups is 2. The lowest BCUT2D eigenvalue weighted by molar-refractivity contribution is -0.132. The van der Waals surface area contributed by atoms with Crippen molar-refractivity contribution in [2.75, 3.05) is 4.90 Å². The molecule has 0 bridgehead atoms. The van der Waals surface area contributed by atoms with E-state index in [4.69, 9.17) is 0 Å². The van der Waals surface area contributed by atoms with Gasteiger partial charge in [0.15, 0.2) is 0 Å². The smallest absolute Gasteiger partial charge is 0.301 e. The summed E-state index contributed by atoms with van der Waals surface area (Å²) in [6, 6.07) is 18.0. The number of anilines is 1. The standard InChI is InChI=1S/C22H15FN2O3/c23-16-10-6-9-15(13-16)19-18(20(26)14-7-2-1-3-8-14)21(27)22(28)25(19)17-11-4-5-12-24-17/h1-13,19,26H/t19-/m0/s1. The van der Waals surface area contributed by atoms with Gasteiger partial charge in [0.2, 0.25) is 0 Å². The summed E-state index contributed by atoms with van der Waals surface area (Å²) in [5, 5.41) is 10.8. The van der Waals surface area contributed by atoms with Gasteiger partial charge < -0.3 is 5.11 Å². The number of halogens is 1. The summed E-state index contributed by atoms with van der Waals surface area (Å²) in [6.07, 6.45) is 1.49. The van der Waals surface area contributed by atoms with Crippen LogP contribution in [0.4, 0.5) is 10.2 Å². The zero-order valence-electron chi connectivity index (χ0n) is 14.6. The molecular formula is C22H15FN2O3. The molecule has 1 aliphatic heterocycles. The van der Waals surface area contributed by atoms with Gasteiger partial charge in [-0.3, -0.25) is 14.5 Å². The van der Waals surface area contributed by atoms with E-state index in [1.807, 2.05) is 0 Å². The molecule has 28 heavy (non-hydrogen) atoms. The zero-order valence-corrected chi connectivity index (χ0v) is 14.6. The predicted octanol–water partition coefficient (Wildman–Crippen LogP) is 3.85. The van der Waals surface area contributed by atoms with Crippen molar-refractivity contribution >= 4 is 23.3 Å². The molecule has 4 rings (SSSR count). The molecule has 5 nitrogen and oxygen atoms in total. The van der Waals surface area contributed by atoms with Crippen LogP contribution in [0.25, 0.3) is 5.76 Å². The number of aromatic nitrogens is 1. The molecule has 1 aromatic heterocycles. The van der Waals surface area contributed by atoms with Crippen LogP contribution in [0, 0.1) is 5.82 Å². The molecule has 2 aromatic carbocycles. The fourth-order valence-electron chi connectivity index (χ4n) is 3.31. The number of amides is 1. The molecule has 0 saturated carbocycles. The zero-order chi connectivity index (χ0) is 19.7. The SMILES string of the molecule is O=C1C(=O)N(c2ccccn2)[C@@H](c2cccc(F)c2)C1=C(O)c1ccccc1. The first-order valence-corrected chi connectivity index (χ1v) is 8.61. The molecule has 1 N–H and O–H groups in total. The highest BCUT2D eigenvalue weighted by molar-refractivity contribution is 6.51. The normalized spacial score (nSPS) is 18.5. The Morgan fingerprint density at radius 2 is 1.71 bits per heavy atom. The van der Waals surface area contributed by atoms with Gasteiger partial charge in [-0.2, -0.15) is 0 Å². The van der Waals surface area contributed by atoms with Crippen molar-refractivity contribution in [1.82, 2.24) is 4.98 Å². The topological polar surface area (TPSA) is 70.5 Å². The van der Waals surface area contributed by atoms with Gasteiger partial charge in [0, 0.05) is 11.8 Å². The number of Topliss-reactive ketones (excluding diaryl/α,β-unsaturated/α-hetero) is 1. The van der Waals surface area contributed by atoms with Gasteiger partial charge in [-0.15, -0.1) is 0 Å². The number of hydrogen-bond acceptors (Lipinski definition) is 4. The minimum absolute atomic E-state index is 0.104. The highest BCUT2D eigenvalue weighted by Gasteiger charge is 2.47. The average molecular weight is 374 g/mol. The van der Waals surface area contributed by atoms with E-state index in [0.29, 0.717) is 11.1 Å². The maximum atomic E-state index is 13.9. The Morgan fingerprint density at radius 3 is 2.39 bits per heavy atom. The first-order chi connectivity index (χ1) is 13.6. The van der Waals surface area contributed by atoms with E-state index in [-0.39, 0.29) is 17.2 Å². The summed E-state index contributed by atoms with van der Waals surface area (Å²) in [5.74, 6) is -2.26. The molecule has 3 aromatic rings. The Morgan fingerprint density at radius 1 is 0.964 bits per heavy atom. The summed E-state index contributed by atoms with van der Waals surface area (Å²) < 4.78 is 13.9. The first kappa shape index (κ1) is 17.6. The molecule has 1 aliphatic rings. The van der Waals surface area contributed by atoms with Crippen molar-refractivity contribution in [3.05, 3.63) is 102 Å². The largest absolute Gasteiger partial charge is 0.507 e. The lowest BCUT2D eigenvalue weighted by Crippen LogP contribution is -2.30. The molecule has 1 fully saturated rings. The maximum Gasteiger partial charge on any atom is 0.301 e. The van der Waals surface area contributed by atoms with Gasteiger partial charge in [0.25, 0.3) is 5.78 Å². The van der Waals surface area contributed by atoms with E-state index in [2.05, 4.69) is 4.98 Å². The second-order valence-electron chi connectivity index (χ2n) is 6.28. The third kappa shape index (κ3) is 2.95. The molecule has 1 atom stereocenters. The molecule has 0 radical (unpaired) electrons. The van der Waals surface area contributed by atoms with E-state index >= 15 is 0 Å². The van der Waals surface area contributed by atoms with Crippen molar-refractivity contribution in [3.8, 4) is 0 Å². The molecule has 1 amide bonds. The maximum absolute atomic E-state index is 13.9. The Hall–Kier alpha value is -3.80. The molecule has 0 aliphatic carbocycles. The van der Waals surface area contributed by atoms with Crippen LogP contribution < -0.4 is 4.90 Å². The Kier molecular flexibility index (Phi) is 4.45. The molecule has 2 heterocycles. The molecule has 1 saturated heterocycles. The highest BCUT2D eigenvalue weighted by atomic mass is 19.1. The quantitative estimate of drug-likeness (QED) is 0.430. The Labute approximate surface area is 160 Å². The molecule has 138 valence electrons. The van der Waals surface area contributed by atoms with Crippen LogP contribution >= 0.6 is 0 Å². The number of aliphatic hydroxyl groups excluding tert-OH is 1. The summed E-state index contributed by atoms with van der Waals surface area (Å²) in [7, 11) is 0. The summed E-state index contributed by atoms with van der Waals surface area (Å²) in [4.78, 5) is 31.0. The Balaban J connectivity index is 1.96. The van der Waals surface area contributed by atoms with E-state index < -0.39 is 23.5 Å². The summed E-state index contributed by atoms with van der Waals surface area (Å²) in [5.41, 5.74) is 0.651. The van der Waals surface area contributed by atoms with Crippen molar-refractivity contribution in [1.29, 1.82) is 0 Å². The van der Waals surface area contributed by atoms with Crippen molar-refractivity contribution < 1.29 is 19.1 Å². The van der Waals surface area contributed by atoms with E-state index in [9.17, 15) is 19.1 Å². The molecule has 6 heteroatoms. The molecular weight excluding hydrogens is 359 g/mol. The van der Waals surface area contributed by atoms with E-state index in [0.717, 1.165) is 0 Å². The molecule has 0 spiro atoms. The fourth-order valence-corrected chi connectivity index (χ4v) is 3.31. The first-order valence-electron chi connectivity index (χ1n) is 8.61. The van der Waals surface area contributed by atoms with Crippen molar-refractivity contribution in [2.45, 2.75) is 6.04 Å². The van der Waals surface area contributed by atoms with Gasteiger partial charge in [-0.25, -0.2) is 9.37 Å². The van der Waals surface area contributed by atoms with Crippen molar-refractivity contribution in [2.24, 2.45) is 0 Å². The van der Waals surface area contributed by atoms with E-state index in [1.165, 1.54) is 29.3 Å². The number of benzene rings is 2. The monoisotopic (exact) mass is 374 g/mol. The van der Waals surface area contributed by atoms with Gasteiger partial charge in [0.05, 0.1) is 11.6 Å². The minimum Gasteiger partial charge on any atom is -0.507 e. The van der Waals surface area contributed by atoms with Crippen LogP contribution in [0.2, 0.25) is 0 Å². The van der Waals surface area contributed by atoms with Gasteiger partial charge in [-0.05, 0) is 29.8 Å². The van der Waals surface area contributed by atoms with E-state index in [1.54, 1.807) is 54.6 Å². The van der Waals surface area contributed by atoms with Crippen LogP contribution in [0.5, 0.6) is 0 Å². The molecule has 0 unspecified atom stereocenters. The van der Waals surface area contributed by atoms with Crippen LogP contribution in [-0.2, 0) is 9.59 Å². The average Bonchev–Trinajstić information content (AvgIpc) is 3.00. The summed E-state index contributed by atoms with van der Waals surface area (Å²) >= 11 is 0. The summed E-state index contributed by atoms with van der Waals surface area (Å²) in [6.45, 7) is 0. The van der Waals surface area contributed by atoms with Gasteiger partial charge in [0.1, 0.15) is 17.4 Å². The number of rotatable bonds is 3. The second kappa shape index (κ2) is 7.08. The van der Waals surface area contributed by atoms with Crippen LogP contribution in [-0.4, -0.2) is 21.8 Å².